The number of ether oxygens (including phenoxy) is 2. The van der Waals surface area contributed by atoms with E-state index >= 15 is 0 Å². The quantitative estimate of drug-likeness (QED) is 0.549. The highest BCUT2D eigenvalue weighted by atomic mass is 79.9. The number of hydrogen-bond donors (Lipinski definition) is 0. The number of methoxy groups -OCH3 is 2. The molecule has 0 bridgehead atoms. The SMILES string of the molecule is COc1ccc(Cn2cnc3sc4c(c3c2=O)CCCCC4)c(Br)c1OC. The van der Waals surface area contributed by atoms with Gasteiger partial charge < -0.3 is 9.47 Å². The van der Waals surface area contributed by atoms with E-state index in [1.807, 2.05) is 12.1 Å². The second-order valence-electron chi connectivity index (χ2n) is 6.70. The Morgan fingerprint density at radius 3 is 2.78 bits per heavy atom. The molecule has 0 radical (unpaired) electrons. The molecule has 7 heteroatoms. The molecule has 2 aromatic heterocycles. The van der Waals surface area contributed by atoms with Crippen LogP contribution >= 0.6 is 27.3 Å². The van der Waals surface area contributed by atoms with Crippen LogP contribution in [0.5, 0.6) is 11.5 Å². The van der Waals surface area contributed by atoms with Crippen molar-refractivity contribution in [2.75, 3.05) is 14.2 Å². The molecule has 0 amide bonds. The van der Waals surface area contributed by atoms with Crippen molar-refractivity contribution in [1.29, 1.82) is 0 Å². The first-order chi connectivity index (χ1) is 13.1. The Morgan fingerprint density at radius 2 is 2.00 bits per heavy atom. The number of rotatable bonds is 4. The Morgan fingerprint density at radius 1 is 1.19 bits per heavy atom. The third kappa shape index (κ3) is 3.27. The third-order valence-corrected chi connectivity index (χ3v) is 7.17. The molecule has 0 aliphatic heterocycles. The van der Waals surface area contributed by atoms with E-state index in [2.05, 4.69) is 20.9 Å². The Hall–Kier alpha value is -1.86. The lowest BCUT2D eigenvalue weighted by Gasteiger charge is -2.14. The normalized spacial score (nSPS) is 14.0. The minimum absolute atomic E-state index is 0.0427. The van der Waals surface area contributed by atoms with E-state index in [-0.39, 0.29) is 5.56 Å². The molecular formula is C20H21BrN2O3S. The summed E-state index contributed by atoms with van der Waals surface area (Å²) in [5.74, 6) is 1.28. The highest BCUT2D eigenvalue weighted by Gasteiger charge is 2.20. The maximum absolute atomic E-state index is 13.2. The van der Waals surface area contributed by atoms with Crippen molar-refractivity contribution < 1.29 is 9.47 Å². The highest BCUT2D eigenvalue weighted by molar-refractivity contribution is 9.10. The lowest BCUT2D eigenvalue weighted by molar-refractivity contribution is 0.352. The monoisotopic (exact) mass is 448 g/mol. The van der Waals surface area contributed by atoms with Crippen LogP contribution in [0.1, 0.15) is 35.3 Å². The number of aryl methyl sites for hydroxylation is 2. The van der Waals surface area contributed by atoms with E-state index in [4.69, 9.17) is 9.47 Å². The number of halogens is 1. The minimum atomic E-state index is 0.0427. The summed E-state index contributed by atoms with van der Waals surface area (Å²) < 4.78 is 13.3. The van der Waals surface area contributed by atoms with Gasteiger partial charge in [-0.15, -0.1) is 11.3 Å². The van der Waals surface area contributed by atoms with E-state index in [0.29, 0.717) is 18.0 Å². The van der Waals surface area contributed by atoms with E-state index in [9.17, 15) is 4.79 Å². The summed E-state index contributed by atoms with van der Waals surface area (Å²) in [4.78, 5) is 20.0. The molecule has 3 aromatic rings. The smallest absolute Gasteiger partial charge is 0.262 e. The van der Waals surface area contributed by atoms with Gasteiger partial charge >= 0.3 is 0 Å². The number of nitrogens with zero attached hydrogens (tertiary/aromatic N) is 2. The molecule has 1 aliphatic rings. The molecule has 0 saturated carbocycles. The molecule has 1 aromatic carbocycles. The zero-order valence-corrected chi connectivity index (χ0v) is 17.8. The van der Waals surface area contributed by atoms with Crippen molar-refractivity contribution in [3.8, 4) is 11.5 Å². The predicted molar refractivity (Wildman–Crippen MR) is 111 cm³/mol. The van der Waals surface area contributed by atoms with Crippen molar-refractivity contribution in [1.82, 2.24) is 9.55 Å². The highest BCUT2D eigenvalue weighted by Crippen LogP contribution is 2.38. The molecule has 27 heavy (non-hydrogen) atoms. The Balaban J connectivity index is 1.78. The largest absolute Gasteiger partial charge is 0.493 e. The van der Waals surface area contributed by atoms with Gasteiger partial charge in [0.05, 0.1) is 37.0 Å². The molecule has 0 saturated heterocycles. The lowest BCUT2D eigenvalue weighted by atomic mass is 10.1. The molecule has 0 atom stereocenters. The van der Waals surface area contributed by atoms with Gasteiger partial charge in [-0.25, -0.2) is 4.98 Å². The van der Waals surface area contributed by atoms with Gasteiger partial charge in [0.15, 0.2) is 11.5 Å². The van der Waals surface area contributed by atoms with Crippen LogP contribution in [0.2, 0.25) is 0 Å². The number of fused-ring (bicyclic) bond motifs is 3. The van der Waals surface area contributed by atoms with Crippen molar-refractivity contribution >= 4 is 37.5 Å². The number of aromatic nitrogens is 2. The van der Waals surface area contributed by atoms with Crippen LogP contribution in [0, 0.1) is 0 Å². The van der Waals surface area contributed by atoms with E-state index < -0.39 is 0 Å². The van der Waals surface area contributed by atoms with E-state index in [1.165, 1.54) is 23.3 Å². The summed E-state index contributed by atoms with van der Waals surface area (Å²) in [7, 11) is 3.21. The molecule has 1 aliphatic carbocycles. The fourth-order valence-electron chi connectivity index (χ4n) is 3.71. The van der Waals surface area contributed by atoms with Crippen LogP contribution in [0.3, 0.4) is 0 Å². The Labute approximate surface area is 170 Å². The number of benzene rings is 1. The molecule has 0 spiro atoms. The second-order valence-corrected chi connectivity index (χ2v) is 8.57. The first-order valence-corrected chi connectivity index (χ1v) is 10.6. The van der Waals surface area contributed by atoms with Crippen LogP contribution in [0.15, 0.2) is 27.7 Å². The molecule has 5 nitrogen and oxygen atoms in total. The lowest BCUT2D eigenvalue weighted by Crippen LogP contribution is -2.21. The number of thiophene rings is 1. The standard InChI is InChI=1S/C20H21BrN2O3S/c1-25-14-9-8-12(17(21)18(14)26-2)10-23-11-22-19-16(20(23)24)13-6-4-3-5-7-15(13)27-19/h8-9,11H,3-7,10H2,1-2H3. The summed E-state index contributed by atoms with van der Waals surface area (Å²) in [5.41, 5.74) is 2.21. The summed E-state index contributed by atoms with van der Waals surface area (Å²) >= 11 is 5.28. The number of hydrogen-bond acceptors (Lipinski definition) is 5. The van der Waals surface area contributed by atoms with E-state index in [1.54, 1.807) is 36.5 Å². The summed E-state index contributed by atoms with van der Waals surface area (Å²) in [6, 6.07) is 3.79. The maximum atomic E-state index is 13.2. The van der Waals surface area contributed by atoms with Gasteiger partial charge in [0.1, 0.15) is 4.83 Å². The van der Waals surface area contributed by atoms with Crippen LogP contribution < -0.4 is 15.0 Å². The Bertz CT molecular complexity index is 1060. The summed E-state index contributed by atoms with van der Waals surface area (Å²) in [6.07, 6.45) is 7.29. The minimum Gasteiger partial charge on any atom is -0.493 e. The third-order valence-electron chi connectivity index (χ3n) is 5.10. The molecule has 0 unspecified atom stereocenters. The van der Waals surface area contributed by atoms with Crippen LogP contribution in [0.25, 0.3) is 10.2 Å². The molecule has 4 rings (SSSR count). The molecule has 0 fully saturated rings. The summed E-state index contributed by atoms with van der Waals surface area (Å²) in [6.45, 7) is 0.424. The average Bonchev–Trinajstić information content (AvgIpc) is 2.87. The van der Waals surface area contributed by atoms with Gasteiger partial charge in [-0.3, -0.25) is 9.36 Å². The molecule has 0 N–H and O–H groups in total. The zero-order valence-electron chi connectivity index (χ0n) is 15.4. The van der Waals surface area contributed by atoms with Crippen LogP contribution in [-0.4, -0.2) is 23.8 Å². The summed E-state index contributed by atoms with van der Waals surface area (Å²) in [5, 5.41) is 0.816. The molecular weight excluding hydrogens is 428 g/mol. The van der Waals surface area contributed by atoms with Crippen LogP contribution in [0.4, 0.5) is 0 Å². The van der Waals surface area contributed by atoms with Crippen molar-refractivity contribution in [2.24, 2.45) is 0 Å². The topological polar surface area (TPSA) is 53.4 Å². The van der Waals surface area contributed by atoms with Gasteiger partial charge in [-0.05, 0) is 58.8 Å². The fourth-order valence-corrected chi connectivity index (χ4v) is 5.54. The van der Waals surface area contributed by atoms with Crippen LogP contribution in [-0.2, 0) is 19.4 Å². The van der Waals surface area contributed by atoms with E-state index in [0.717, 1.165) is 39.5 Å². The maximum Gasteiger partial charge on any atom is 0.262 e. The van der Waals surface area contributed by atoms with Gasteiger partial charge in [0.2, 0.25) is 0 Å². The molecule has 2 heterocycles. The van der Waals surface area contributed by atoms with Crippen molar-refractivity contribution in [3.05, 3.63) is 49.3 Å². The second kappa shape index (κ2) is 7.64. The average molecular weight is 449 g/mol. The van der Waals surface area contributed by atoms with Crippen molar-refractivity contribution in [3.63, 3.8) is 0 Å². The fraction of sp³-hybridized carbons (Fsp3) is 0.400. The first-order valence-electron chi connectivity index (χ1n) is 9.03. The van der Waals surface area contributed by atoms with Gasteiger partial charge in [0.25, 0.3) is 5.56 Å². The van der Waals surface area contributed by atoms with Gasteiger partial charge in [0, 0.05) is 4.88 Å². The van der Waals surface area contributed by atoms with Gasteiger partial charge in [-0.1, -0.05) is 12.5 Å². The zero-order chi connectivity index (χ0) is 19.0. The Kier molecular flexibility index (Phi) is 5.23. The molecule has 142 valence electrons. The van der Waals surface area contributed by atoms with Gasteiger partial charge in [-0.2, -0.15) is 0 Å². The van der Waals surface area contributed by atoms with Crippen molar-refractivity contribution in [2.45, 2.75) is 38.6 Å². The predicted octanol–water partition coefficient (Wildman–Crippen LogP) is 4.55. The first kappa shape index (κ1) is 18.5.